The van der Waals surface area contributed by atoms with Crippen molar-refractivity contribution >= 4 is 11.9 Å². The van der Waals surface area contributed by atoms with Crippen LogP contribution in [-0.2, 0) is 23.8 Å². The summed E-state index contributed by atoms with van der Waals surface area (Å²) in [4.78, 5) is 24.6. The SMILES string of the molecule is C[C@H](OC[C@H]1CCCO1)C(=O)N1CCO[C@@H](C(=O)O)C1. The molecule has 2 saturated heterocycles. The molecule has 0 aromatic rings. The molecule has 114 valence electrons. The molecule has 7 heteroatoms. The van der Waals surface area contributed by atoms with E-state index in [1.165, 1.54) is 4.90 Å². The predicted molar refractivity (Wildman–Crippen MR) is 68.3 cm³/mol. The van der Waals surface area contributed by atoms with Gasteiger partial charge < -0.3 is 24.2 Å². The van der Waals surface area contributed by atoms with Gasteiger partial charge in [-0.1, -0.05) is 0 Å². The van der Waals surface area contributed by atoms with Crippen LogP contribution in [0.2, 0.25) is 0 Å². The number of carbonyl (C=O) groups is 2. The van der Waals surface area contributed by atoms with Crippen molar-refractivity contribution in [2.75, 3.05) is 32.9 Å². The second-order valence-electron chi connectivity index (χ2n) is 5.09. The minimum atomic E-state index is -1.05. The molecule has 1 amide bonds. The van der Waals surface area contributed by atoms with Crippen molar-refractivity contribution in [1.82, 2.24) is 4.90 Å². The molecule has 0 radical (unpaired) electrons. The van der Waals surface area contributed by atoms with Crippen LogP contribution in [0.15, 0.2) is 0 Å². The highest BCUT2D eigenvalue weighted by atomic mass is 16.5. The Morgan fingerprint density at radius 3 is 2.85 bits per heavy atom. The van der Waals surface area contributed by atoms with E-state index in [1.807, 2.05) is 0 Å². The summed E-state index contributed by atoms with van der Waals surface area (Å²) in [7, 11) is 0. The fourth-order valence-electron chi connectivity index (χ4n) is 2.35. The smallest absolute Gasteiger partial charge is 0.334 e. The van der Waals surface area contributed by atoms with Crippen LogP contribution in [0.25, 0.3) is 0 Å². The van der Waals surface area contributed by atoms with Gasteiger partial charge in [-0.25, -0.2) is 4.79 Å². The number of rotatable bonds is 5. The Balaban J connectivity index is 1.78. The number of hydrogen-bond donors (Lipinski definition) is 1. The third-order valence-corrected chi connectivity index (χ3v) is 3.56. The lowest BCUT2D eigenvalue weighted by atomic mass is 10.2. The number of amides is 1. The first-order valence-electron chi connectivity index (χ1n) is 6.94. The Morgan fingerprint density at radius 2 is 2.20 bits per heavy atom. The zero-order valence-electron chi connectivity index (χ0n) is 11.6. The van der Waals surface area contributed by atoms with E-state index in [2.05, 4.69) is 0 Å². The average molecular weight is 287 g/mol. The lowest BCUT2D eigenvalue weighted by Gasteiger charge is -2.32. The molecule has 1 N–H and O–H groups in total. The van der Waals surface area contributed by atoms with Crippen molar-refractivity contribution in [2.24, 2.45) is 0 Å². The lowest BCUT2D eigenvalue weighted by Crippen LogP contribution is -2.51. The van der Waals surface area contributed by atoms with Crippen molar-refractivity contribution in [2.45, 2.75) is 38.1 Å². The van der Waals surface area contributed by atoms with Gasteiger partial charge in [0.05, 0.1) is 25.9 Å². The van der Waals surface area contributed by atoms with Crippen LogP contribution in [0.4, 0.5) is 0 Å². The average Bonchev–Trinajstić information content (AvgIpc) is 2.97. The lowest BCUT2D eigenvalue weighted by molar-refractivity contribution is -0.163. The van der Waals surface area contributed by atoms with Crippen molar-refractivity contribution in [3.63, 3.8) is 0 Å². The topological polar surface area (TPSA) is 85.3 Å². The van der Waals surface area contributed by atoms with Gasteiger partial charge in [0.25, 0.3) is 5.91 Å². The summed E-state index contributed by atoms with van der Waals surface area (Å²) in [6.45, 7) is 3.54. The van der Waals surface area contributed by atoms with Gasteiger partial charge in [0.1, 0.15) is 6.10 Å². The molecule has 20 heavy (non-hydrogen) atoms. The maximum atomic E-state index is 12.2. The van der Waals surface area contributed by atoms with Crippen LogP contribution in [0, 0.1) is 0 Å². The highest BCUT2D eigenvalue weighted by Crippen LogP contribution is 2.14. The Kier molecular flexibility index (Phi) is 5.33. The van der Waals surface area contributed by atoms with E-state index < -0.39 is 18.2 Å². The number of carbonyl (C=O) groups excluding carboxylic acids is 1. The van der Waals surface area contributed by atoms with E-state index in [9.17, 15) is 9.59 Å². The van der Waals surface area contributed by atoms with Gasteiger partial charge in [0, 0.05) is 13.2 Å². The number of aliphatic carboxylic acids is 1. The van der Waals surface area contributed by atoms with E-state index in [0.29, 0.717) is 13.2 Å². The number of carboxylic acid groups (broad SMARTS) is 1. The first-order valence-corrected chi connectivity index (χ1v) is 6.94. The number of nitrogens with zero attached hydrogens (tertiary/aromatic N) is 1. The molecule has 2 aliphatic rings. The standard InChI is InChI=1S/C13H21NO6/c1-9(20-8-10-3-2-5-18-10)12(15)14-4-6-19-11(7-14)13(16)17/h9-11H,2-8H2,1H3,(H,16,17)/t9-,10+,11+/m0/s1. The second kappa shape index (κ2) is 7.01. The molecule has 0 aromatic heterocycles. The highest BCUT2D eigenvalue weighted by Gasteiger charge is 2.31. The summed E-state index contributed by atoms with van der Waals surface area (Å²) in [5.41, 5.74) is 0. The first-order chi connectivity index (χ1) is 9.58. The molecule has 0 spiro atoms. The van der Waals surface area contributed by atoms with Crippen LogP contribution < -0.4 is 0 Å². The quantitative estimate of drug-likeness (QED) is 0.759. The minimum Gasteiger partial charge on any atom is -0.479 e. The normalized spacial score (nSPS) is 28.4. The van der Waals surface area contributed by atoms with Gasteiger partial charge in [-0.05, 0) is 19.8 Å². The zero-order chi connectivity index (χ0) is 14.5. The van der Waals surface area contributed by atoms with Crippen molar-refractivity contribution in [3.05, 3.63) is 0 Å². The molecule has 0 unspecified atom stereocenters. The van der Waals surface area contributed by atoms with Gasteiger partial charge in [-0.15, -0.1) is 0 Å². The van der Waals surface area contributed by atoms with Crippen molar-refractivity contribution in [3.8, 4) is 0 Å². The molecule has 2 fully saturated rings. The number of ether oxygens (including phenoxy) is 3. The van der Waals surface area contributed by atoms with Gasteiger partial charge in [-0.3, -0.25) is 4.79 Å². The largest absolute Gasteiger partial charge is 0.479 e. The van der Waals surface area contributed by atoms with E-state index in [1.54, 1.807) is 6.92 Å². The molecule has 2 rings (SSSR count). The zero-order valence-corrected chi connectivity index (χ0v) is 11.6. The summed E-state index contributed by atoms with van der Waals surface area (Å²) in [5.74, 6) is -1.24. The van der Waals surface area contributed by atoms with Gasteiger partial charge >= 0.3 is 5.97 Å². The molecule has 0 saturated carbocycles. The molecular weight excluding hydrogens is 266 g/mol. The van der Waals surface area contributed by atoms with Crippen LogP contribution >= 0.6 is 0 Å². The minimum absolute atomic E-state index is 0.0710. The Morgan fingerprint density at radius 1 is 1.40 bits per heavy atom. The fourth-order valence-corrected chi connectivity index (χ4v) is 2.35. The van der Waals surface area contributed by atoms with E-state index in [4.69, 9.17) is 19.3 Å². The van der Waals surface area contributed by atoms with Crippen LogP contribution in [0.1, 0.15) is 19.8 Å². The van der Waals surface area contributed by atoms with E-state index in [0.717, 1.165) is 19.4 Å². The monoisotopic (exact) mass is 287 g/mol. The maximum absolute atomic E-state index is 12.2. The molecule has 7 nitrogen and oxygen atoms in total. The molecule has 2 heterocycles. The summed E-state index contributed by atoms with van der Waals surface area (Å²) in [6.07, 6.45) is 0.520. The molecule has 0 aliphatic carbocycles. The van der Waals surface area contributed by atoms with Crippen LogP contribution in [0.3, 0.4) is 0 Å². The van der Waals surface area contributed by atoms with Crippen LogP contribution in [0.5, 0.6) is 0 Å². The summed E-state index contributed by atoms with van der Waals surface area (Å²) < 4.78 is 16.0. The van der Waals surface area contributed by atoms with Gasteiger partial charge in [0.2, 0.25) is 0 Å². The Labute approximate surface area is 117 Å². The van der Waals surface area contributed by atoms with E-state index >= 15 is 0 Å². The molecular formula is C13H21NO6. The molecule has 0 aromatic carbocycles. The van der Waals surface area contributed by atoms with Crippen molar-refractivity contribution in [1.29, 1.82) is 0 Å². The predicted octanol–water partition coefficient (Wildman–Crippen LogP) is -0.117. The molecule has 0 bridgehead atoms. The first kappa shape index (κ1) is 15.2. The molecule has 3 atom stereocenters. The number of carboxylic acids is 1. The highest BCUT2D eigenvalue weighted by molar-refractivity contribution is 5.82. The van der Waals surface area contributed by atoms with Gasteiger partial charge in [0.15, 0.2) is 6.10 Å². The van der Waals surface area contributed by atoms with E-state index in [-0.39, 0.29) is 25.2 Å². The number of morpholine rings is 1. The third kappa shape index (κ3) is 3.91. The second-order valence-corrected chi connectivity index (χ2v) is 5.09. The fraction of sp³-hybridized carbons (Fsp3) is 0.846. The Hall–Kier alpha value is -1.18. The third-order valence-electron chi connectivity index (χ3n) is 3.56. The summed E-state index contributed by atoms with van der Waals surface area (Å²) >= 11 is 0. The number of hydrogen-bond acceptors (Lipinski definition) is 5. The van der Waals surface area contributed by atoms with Crippen molar-refractivity contribution < 1.29 is 28.9 Å². The molecule has 2 aliphatic heterocycles. The van der Waals surface area contributed by atoms with Crippen LogP contribution in [-0.4, -0.2) is 73.1 Å². The summed E-state index contributed by atoms with van der Waals surface area (Å²) in [6, 6.07) is 0. The Bertz CT molecular complexity index is 355. The maximum Gasteiger partial charge on any atom is 0.334 e. The van der Waals surface area contributed by atoms with Gasteiger partial charge in [-0.2, -0.15) is 0 Å². The summed E-state index contributed by atoms with van der Waals surface area (Å²) in [5, 5.41) is 8.91.